The summed E-state index contributed by atoms with van der Waals surface area (Å²) in [4.78, 5) is 8.55. The Bertz CT molecular complexity index is 590. The standard InChI is InChI=1S/C14H16ClN3O/c1-19-10-7-6-9(8-10)16-13-11-4-2-3-5-12(11)17-14(15)18-13/h2-5,9-10H,6-8H2,1H3,(H,16,17,18). The Morgan fingerprint density at radius 2 is 2.11 bits per heavy atom. The Morgan fingerprint density at radius 3 is 2.89 bits per heavy atom. The fourth-order valence-electron chi connectivity index (χ4n) is 2.64. The first-order chi connectivity index (χ1) is 9.26. The summed E-state index contributed by atoms with van der Waals surface area (Å²) in [6, 6.07) is 8.28. The average molecular weight is 278 g/mol. The zero-order valence-electron chi connectivity index (χ0n) is 10.8. The van der Waals surface area contributed by atoms with Crippen LogP contribution in [-0.2, 0) is 4.74 Å². The van der Waals surface area contributed by atoms with Gasteiger partial charge in [0.1, 0.15) is 5.82 Å². The minimum absolute atomic E-state index is 0.280. The molecule has 0 saturated heterocycles. The molecule has 1 saturated carbocycles. The van der Waals surface area contributed by atoms with Gasteiger partial charge in [0, 0.05) is 18.5 Å². The number of ether oxygens (including phenoxy) is 1. The molecule has 2 unspecified atom stereocenters. The Labute approximate surface area is 117 Å². The van der Waals surface area contributed by atoms with Crippen molar-refractivity contribution in [2.45, 2.75) is 31.4 Å². The maximum absolute atomic E-state index is 5.98. The van der Waals surface area contributed by atoms with Crippen molar-refractivity contribution in [2.24, 2.45) is 0 Å². The van der Waals surface area contributed by atoms with Crippen molar-refractivity contribution in [3.8, 4) is 0 Å². The predicted molar refractivity (Wildman–Crippen MR) is 76.6 cm³/mol. The van der Waals surface area contributed by atoms with Crippen LogP contribution < -0.4 is 5.32 Å². The Hall–Kier alpha value is -1.39. The van der Waals surface area contributed by atoms with Crippen LogP contribution in [0.5, 0.6) is 0 Å². The molecule has 100 valence electrons. The number of hydrogen-bond donors (Lipinski definition) is 1. The smallest absolute Gasteiger partial charge is 0.224 e. The SMILES string of the molecule is COC1CCC(Nc2nc(Cl)nc3ccccc23)C1. The molecular formula is C14H16ClN3O. The van der Waals surface area contributed by atoms with Crippen LogP contribution in [0.3, 0.4) is 0 Å². The fourth-order valence-corrected chi connectivity index (χ4v) is 2.81. The summed E-state index contributed by atoms with van der Waals surface area (Å²) in [6.45, 7) is 0. The molecule has 1 aliphatic carbocycles. The van der Waals surface area contributed by atoms with E-state index in [1.54, 1.807) is 7.11 Å². The first kappa shape index (κ1) is 12.6. The molecule has 2 aromatic rings. The highest BCUT2D eigenvalue weighted by atomic mass is 35.5. The molecule has 1 fully saturated rings. The topological polar surface area (TPSA) is 47.0 Å². The summed E-state index contributed by atoms with van der Waals surface area (Å²) in [5.41, 5.74) is 0.867. The van der Waals surface area contributed by atoms with Gasteiger partial charge in [0.05, 0.1) is 11.6 Å². The third-order valence-corrected chi connectivity index (χ3v) is 3.80. The summed E-state index contributed by atoms with van der Waals surface area (Å²) < 4.78 is 5.39. The zero-order chi connectivity index (χ0) is 13.2. The van der Waals surface area contributed by atoms with Crippen molar-refractivity contribution in [3.63, 3.8) is 0 Å². The average Bonchev–Trinajstić information content (AvgIpc) is 2.86. The van der Waals surface area contributed by atoms with E-state index in [4.69, 9.17) is 16.3 Å². The molecular weight excluding hydrogens is 262 g/mol. The molecule has 1 heterocycles. The van der Waals surface area contributed by atoms with Crippen molar-refractivity contribution in [3.05, 3.63) is 29.5 Å². The second-order valence-electron chi connectivity index (χ2n) is 4.87. The van der Waals surface area contributed by atoms with Crippen molar-refractivity contribution in [1.82, 2.24) is 9.97 Å². The zero-order valence-corrected chi connectivity index (χ0v) is 11.5. The monoisotopic (exact) mass is 277 g/mol. The summed E-state index contributed by atoms with van der Waals surface area (Å²) in [7, 11) is 1.77. The number of halogens is 1. The Morgan fingerprint density at radius 1 is 1.26 bits per heavy atom. The molecule has 5 heteroatoms. The van der Waals surface area contributed by atoms with Gasteiger partial charge in [0.15, 0.2) is 0 Å². The van der Waals surface area contributed by atoms with Crippen LogP contribution >= 0.6 is 11.6 Å². The number of methoxy groups -OCH3 is 1. The number of nitrogens with zero attached hydrogens (tertiary/aromatic N) is 2. The molecule has 0 amide bonds. The predicted octanol–water partition coefficient (Wildman–Crippen LogP) is 3.26. The van der Waals surface area contributed by atoms with Crippen LogP contribution in [0.4, 0.5) is 5.82 Å². The van der Waals surface area contributed by atoms with Crippen LogP contribution in [0.1, 0.15) is 19.3 Å². The van der Waals surface area contributed by atoms with Crippen molar-refractivity contribution in [1.29, 1.82) is 0 Å². The van der Waals surface area contributed by atoms with Gasteiger partial charge in [-0.1, -0.05) is 12.1 Å². The number of rotatable bonds is 3. The number of fused-ring (bicyclic) bond motifs is 1. The lowest BCUT2D eigenvalue weighted by Crippen LogP contribution is -2.18. The molecule has 19 heavy (non-hydrogen) atoms. The lowest BCUT2D eigenvalue weighted by atomic mass is 10.2. The van der Waals surface area contributed by atoms with Crippen LogP contribution in [0.25, 0.3) is 10.9 Å². The lowest BCUT2D eigenvalue weighted by molar-refractivity contribution is 0.108. The Balaban J connectivity index is 1.88. The van der Waals surface area contributed by atoms with Gasteiger partial charge < -0.3 is 10.1 Å². The van der Waals surface area contributed by atoms with Gasteiger partial charge in [-0.3, -0.25) is 0 Å². The Kier molecular flexibility index (Phi) is 3.53. The van der Waals surface area contributed by atoms with E-state index in [0.717, 1.165) is 36.0 Å². The van der Waals surface area contributed by atoms with Gasteiger partial charge >= 0.3 is 0 Å². The third kappa shape index (κ3) is 2.65. The van der Waals surface area contributed by atoms with E-state index in [2.05, 4.69) is 15.3 Å². The van der Waals surface area contributed by atoms with Gasteiger partial charge in [-0.2, -0.15) is 0 Å². The number of anilines is 1. The molecule has 1 N–H and O–H groups in total. The fraction of sp³-hybridized carbons (Fsp3) is 0.429. The molecule has 2 atom stereocenters. The highest BCUT2D eigenvalue weighted by Gasteiger charge is 2.25. The van der Waals surface area contributed by atoms with E-state index >= 15 is 0 Å². The van der Waals surface area contributed by atoms with Gasteiger partial charge in [-0.05, 0) is 43.0 Å². The summed E-state index contributed by atoms with van der Waals surface area (Å²) in [6.07, 6.45) is 3.53. The molecule has 4 nitrogen and oxygen atoms in total. The number of hydrogen-bond acceptors (Lipinski definition) is 4. The third-order valence-electron chi connectivity index (χ3n) is 3.63. The van der Waals surface area contributed by atoms with Crippen molar-refractivity contribution in [2.75, 3.05) is 12.4 Å². The molecule has 3 rings (SSSR count). The quantitative estimate of drug-likeness (QED) is 0.875. The largest absolute Gasteiger partial charge is 0.381 e. The second-order valence-corrected chi connectivity index (χ2v) is 5.21. The van der Waals surface area contributed by atoms with E-state index < -0.39 is 0 Å². The second kappa shape index (κ2) is 5.31. The molecule has 1 aromatic carbocycles. The van der Waals surface area contributed by atoms with Crippen LogP contribution in [-0.4, -0.2) is 29.2 Å². The molecule has 1 aromatic heterocycles. The summed E-state index contributed by atoms with van der Waals surface area (Å²) in [5.74, 6) is 0.817. The lowest BCUT2D eigenvalue weighted by Gasteiger charge is -2.15. The van der Waals surface area contributed by atoms with E-state index in [9.17, 15) is 0 Å². The van der Waals surface area contributed by atoms with Crippen LogP contribution in [0.2, 0.25) is 5.28 Å². The van der Waals surface area contributed by atoms with E-state index in [1.165, 1.54) is 0 Å². The molecule has 0 bridgehead atoms. The van der Waals surface area contributed by atoms with Crippen LogP contribution in [0, 0.1) is 0 Å². The normalized spacial score (nSPS) is 22.8. The number of nitrogens with one attached hydrogen (secondary N) is 1. The minimum Gasteiger partial charge on any atom is -0.381 e. The molecule has 0 radical (unpaired) electrons. The van der Waals surface area contributed by atoms with Gasteiger partial charge in [0.25, 0.3) is 0 Å². The van der Waals surface area contributed by atoms with Crippen molar-refractivity contribution < 1.29 is 4.74 Å². The van der Waals surface area contributed by atoms with Gasteiger partial charge in [0.2, 0.25) is 5.28 Å². The minimum atomic E-state index is 0.280. The van der Waals surface area contributed by atoms with Gasteiger partial charge in [-0.15, -0.1) is 0 Å². The first-order valence-corrected chi connectivity index (χ1v) is 6.85. The maximum atomic E-state index is 5.98. The molecule has 0 aliphatic heterocycles. The summed E-state index contributed by atoms with van der Waals surface area (Å²) in [5, 5.41) is 4.76. The molecule has 0 spiro atoms. The van der Waals surface area contributed by atoms with E-state index in [1.807, 2.05) is 24.3 Å². The van der Waals surface area contributed by atoms with Crippen molar-refractivity contribution >= 4 is 28.3 Å². The van der Waals surface area contributed by atoms with E-state index in [0.29, 0.717) is 12.1 Å². The van der Waals surface area contributed by atoms with Gasteiger partial charge in [-0.25, -0.2) is 9.97 Å². The molecule has 1 aliphatic rings. The number of aromatic nitrogens is 2. The highest BCUT2D eigenvalue weighted by Crippen LogP contribution is 2.28. The van der Waals surface area contributed by atoms with E-state index in [-0.39, 0.29) is 5.28 Å². The first-order valence-electron chi connectivity index (χ1n) is 6.48. The maximum Gasteiger partial charge on any atom is 0.224 e. The summed E-state index contributed by atoms with van der Waals surface area (Å²) >= 11 is 5.98. The highest BCUT2D eigenvalue weighted by molar-refractivity contribution is 6.28. The number of benzene rings is 1. The van der Waals surface area contributed by atoms with Crippen LogP contribution in [0.15, 0.2) is 24.3 Å². The number of para-hydroxylation sites is 1.